The normalized spacial score (nSPS) is 15.2. The fraction of sp³-hybridized carbons (Fsp3) is 0.533. The molecule has 0 N–H and O–H groups in total. The Morgan fingerprint density at radius 1 is 1.28 bits per heavy atom. The van der Waals surface area contributed by atoms with Gasteiger partial charge in [0, 0.05) is 13.1 Å². The number of ether oxygens (including phenoxy) is 1. The van der Waals surface area contributed by atoms with Crippen molar-refractivity contribution in [3.63, 3.8) is 0 Å². The monoisotopic (exact) mass is 247 g/mol. The summed E-state index contributed by atoms with van der Waals surface area (Å²) in [6.07, 6.45) is 2.22. The van der Waals surface area contributed by atoms with Crippen molar-refractivity contribution in [1.29, 1.82) is 0 Å². The molecule has 2 rings (SSSR count). The van der Waals surface area contributed by atoms with E-state index < -0.39 is 0 Å². The molecule has 0 atom stereocenters. The number of hydrogen-bond donors (Lipinski definition) is 0. The molecule has 0 aromatic heterocycles. The molecule has 3 nitrogen and oxygen atoms in total. The first kappa shape index (κ1) is 12.9. The Labute approximate surface area is 109 Å². The van der Waals surface area contributed by atoms with Gasteiger partial charge in [-0.25, -0.2) is 0 Å². The number of carbonyl (C=O) groups is 1. The molecule has 0 spiro atoms. The summed E-state index contributed by atoms with van der Waals surface area (Å²) in [4.78, 5) is 14.3. The molecule has 1 amide bonds. The van der Waals surface area contributed by atoms with Crippen LogP contribution in [0.3, 0.4) is 0 Å². The number of rotatable bonds is 3. The van der Waals surface area contributed by atoms with Crippen LogP contribution in [0.1, 0.15) is 48.5 Å². The van der Waals surface area contributed by atoms with E-state index in [1.165, 1.54) is 5.56 Å². The highest BCUT2D eigenvalue weighted by Crippen LogP contribution is 2.26. The smallest absolute Gasteiger partial charge is 0.257 e. The van der Waals surface area contributed by atoms with E-state index in [9.17, 15) is 4.79 Å². The molecule has 1 aliphatic rings. The van der Waals surface area contributed by atoms with Gasteiger partial charge in [-0.05, 0) is 36.5 Å². The molecule has 1 aromatic rings. The Balaban J connectivity index is 2.29. The van der Waals surface area contributed by atoms with Gasteiger partial charge in [-0.3, -0.25) is 4.79 Å². The van der Waals surface area contributed by atoms with Crippen molar-refractivity contribution < 1.29 is 9.53 Å². The van der Waals surface area contributed by atoms with E-state index in [4.69, 9.17) is 4.74 Å². The third kappa shape index (κ3) is 2.50. The number of methoxy groups -OCH3 is 1. The minimum atomic E-state index is 0.0969. The van der Waals surface area contributed by atoms with E-state index in [-0.39, 0.29) is 5.91 Å². The Kier molecular flexibility index (Phi) is 3.90. The predicted molar refractivity (Wildman–Crippen MR) is 72.2 cm³/mol. The van der Waals surface area contributed by atoms with Crippen molar-refractivity contribution in [3.05, 3.63) is 29.3 Å². The highest BCUT2D eigenvalue weighted by atomic mass is 16.5. The van der Waals surface area contributed by atoms with Crippen molar-refractivity contribution in [2.75, 3.05) is 20.2 Å². The quantitative estimate of drug-likeness (QED) is 0.821. The molecule has 0 radical (unpaired) electrons. The molecule has 0 bridgehead atoms. The molecule has 1 saturated heterocycles. The van der Waals surface area contributed by atoms with Gasteiger partial charge in [0.05, 0.1) is 12.7 Å². The van der Waals surface area contributed by atoms with E-state index in [0.29, 0.717) is 17.2 Å². The summed E-state index contributed by atoms with van der Waals surface area (Å²) < 4.78 is 5.37. The maximum absolute atomic E-state index is 12.4. The molecule has 3 heteroatoms. The minimum absolute atomic E-state index is 0.0969. The molecule has 0 unspecified atom stereocenters. The Hall–Kier alpha value is -1.51. The molecule has 98 valence electrons. The number of amides is 1. The second-order valence-corrected chi connectivity index (χ2v) is 5.11. The zero-order valence-electron chi connectivity index (χ0n) is 11.4. The van der Waals surface area contributed by atoms with Gasteiger partial charge in [0.1, 0.15) is 5.75 Å². The second-order valence-electron chi connectivity index (χ2n) is 5.11. The minimum Gasteiger partial charge on any atom is -0.496 e. The number of benzene rings is 1. The summed E-state index contributed by atoms with van der Waals surface area (Å²) in [5.74, 6) is 1.23. The van der Waals surface area contributed by atoms with Crippen LogP contribution in [0.4, 0.5) is 0 Å². The fourth-order valence-electron chi connectivity index (χ4n) is 2.33. The summed E-state index contributed by atoms with van der Waals surface area (Å²) in [5, 5.41) is 0. The lowest BCUT2D eigenvalue weighted by Crippen LogP contribution is -2.28. The van der Waals surface area contributed by atoms with Crippen LogP contribution < -0.4 is 4.74 Å². The molecule has 1 heterocycles. The summed E-state index contributed by atoms with van der Waals surface area (Å²) in [6.45, 7) is 6.01. The summed E-state index contributed by atoms with van der Waals surface area (Å²) in [5.41, 5.74) is 1.88. The summed E-state index contributed by atoms with van der Waals surface area (Å²) in [7, 11) is 1.63. The van der Waals surface area contributed by atoms with Gasteiger partial charge in [0.25, 0.3) is 5.91 Å². The number of hydrogen-bond acceptors (Lipinski definition) is 2. The number of carbonyl (C=O) groups excluding carboxylic acids is 1. The molecular weight excluding hydrogens is 226 g/mol. The topological polar surface area (TPSA) is 29.5 Å². The van der Waals surface area contributed by atoms with E-state index in [1.807, 2.05) is 23.1 Å². The Morgan fingerprint density at radius 3 is 2.50 bits per heavy atom. The highest BCUT2D eigenvalue weighted by Gasteiger charge is 2.22. The summed E-state index contributed by atoms with van der Waals surface area (Å²) in [6, 6.07) is 5.90. The fourth-order valence-corrected chi connectivity index (χ4v) is 2.33. The lowest BCUT2D eigenvalue weighted by Gasteiger charge is -2.18. The molecule has 0 saturated carbocycles. The number of likely N-dealkylation sites (tertiary alicyclic amines) is 1. The highest BCUT2D eigenvalue weighted by molar-refractivity contribution is 5.97. The first-order chi connectivity index (χ1) is 8.63. The molecule has 0 aliphatic carbocycles. The third-order valence-electron chi connectivity index (χ3n) is 3.52. The lowest BCUT2D eigenvalue weighted by atomic mass is 10.0. The average Bonchev–Trinajstić information content (AvgIpc) is 2.90. The van der Waals surface area contributed by atoms with Crippen molar-refractivity contribution in [2.45, 2.75) is 32.6 Å². The van der Waals surface area contributed by atoms with Crippen molar-refractivity contribution in [2.24, 2.45) is 0 Å². The van der Waals surface area contributed by atoms with Crippen LogP contribution in [0.5, 0.6) is 5.75 Å². The molecule has 1 aromatic carbocycles. The first-order valence-electron chi connectivity index (χ1n) is 6.60. The summed E-state index contributed by atoms with van der Waals surface area (Å²) >= 11 is 0. The van der Waals surface area contributed by atoms with Crippen LogP contribution in [0.25, 0.3) is 0 Å². The Morgan fingerprint density at radius 2 is 1.94 bits per heavy atom. The van der Waals surface area contributed by atoms with Gasteiger partial charge in [-0.15, -0.1) is 0 Å². The van der Waals surface area contributed by atoms with Crippen molar-refractivity contribution >= 4 is 5.91 Å². The standard InChI is InChI=1S/C15H21NO2/c1-11(2)12-6-7-13(14(10-12)18-3)15(17)16-8-4-5-9-16/h6-7,10-11H,4-5,8-9H2,1-3H3. The van der Waals surface area contributed by atoms with Gasteiger partial charge in [-0.1, -0.05) is 19.9 Å². The van der Waals surface area contributed by atoms with Gasteiger partial charge >= 0.3 is 0 Å². The van der Waals surface area contributed by atoms with Crippen LogP contribution >= 0.6 is 0 Å². The number of nitrogens with zero attached hydrogens (tertiary/aromatic N) is 1. The van der Waals surface area contributed by atoms with Crippen LogP contribution in [0, 0.1) is 0 Å². The third-order valence-corrected chi connectivity index (χ3v) is 3.52. The molecule has 18 heavy (non-hydrogen) atoms. The maximum Gasteiger partial charge on any atom is 0.257 e. The van der Waals surface area contributed by atoms with Crippen LogP contribution in [0.2, 0.25) is 0 Å². The molecule has 1 aliphatic heterocycles. The Bertz CT molecular complexity index is 434. The predicted octanol–water partition coefficient (Wildman–Crippen LogP) is 3.05. The SMILES string of the molecule is COc1cc(C(C)C)ccc1C(=O)N1CCCC1. The second kappa shape index (κ2) is 5.42. The maximum atomic E-state index is 12.4. The van der Waals surface area contributed by atoms with Crippen LogP contribution in [-0.4, -0.2) is 31.0 Å². The van der Waals surface area contributed by atoms with E-state index >= 15 is 0 Å². The van der Waals surface area contributed by atoms with Crippen molar-refractivity contribution in [3.8, 4) is 5.75 Å². The molecular formula is C15H21NO2. The molecule has 1 fully saturated rings. The van der Waals surface area contributed by atoms with Crippen molar-refractivity contribution in [1.82, 2.24) is 4.90 Å². The van der Waals surface area contributed by atoms with E-state index in [1.54, 1.807) is 7.11 Å². The largest absolute Gasteiger partial charge is 0.496 e. The van der Waals surface area contributed by atoms with Crippen LogP contribution in [-0.2, 0) is 0 Å². The zero-order valence-corrected chi connectivity index (χ0v) is 11.4. The van der Waals surface area contributed by atoms with E-state index in [0.717, 1.165) is 25.9 Å². The van der Waals surface area contributed by atoms with Gasteiger partial charge in [0.2, 0.25) is 0 Å². The van der Waals surface area contributed by atoms with Gasteiger partial charge in [-0.2, -0.15) is 0 Å². The van der Waals surface area contributed by atoms with Gasteiger partial charge in [0.15, 0.2) is 0 Å². The average molecular weight is 247 g/mol. The first-order valence-corrected chi connectivity index (χ1v) is 6.60. The zero-order chi connectivity index (χ0) is 13.1. The lowest BCUT2D eigenvalue weighted by molar-refractivity contribution is 0.0789. The van der Waals surface area contributed by atoms with Crippen LogP contribution in [0.15, 0.2) is 18.2 Å². The van der Waals surface area contributed by atoms with Gasteiger partial charge < -0.3 is 9.64 Å². The van der Waals surface area contributed by atoms with E-state index in [2.05, 4.69) is 13.8 Å².